The maximum Gasteiger partial charge on any atom is 0.266 e. The molecule has 0 fully saturated rings. The summed E-state index contributed by atoms with van der Waals surface area (Å²) in [6, 6.07) is 15.7. The lowest BCUT2D eigenvalue weighted by molar-refractivity contribution is -0.112. The number of nitrogens with zero attached hydrogens (tertiary/aromatic N) is 2. The zero-order valence-corrected chi connectivity index (χ0v) is 17.7. The summed E-state index contributed by atoms with van der Waals surface area (Å²) in [5.41, 5.74) is 6.05. The maximum absolute atomic E-state index is 12.6. The Hall–Kier alpha value is -3.32. The Bertz CT molecular complexity index is 1050. The molecule has 0 saturated heterocycles. The molecule has 0 aromatic heterocycles. The van der Waals surface area contributed by atoms with Crippen LogP contribution in [0.4, 0.5) is 11.4 Å². The third kappa shape index (κ3) is 4.09. The number of allylic oxidation sites excluding steroid dienone is 1. The van der Waals surface area contributed by atoms with Crippen LogP contribution in [0.15, 0.2) is 54.1 Å². The SMILES string of the molecule is CCN1c2ccc(/C=C(\C#N)C(=O)Nc3ccccc3C)cc2C(C)=CC1(C)C. The summed E-state index contributed by atoms with van der Waals surface area (Å²) < 4.78 is 0. The van der Waals surface area contributed by atoms with Crippen LogP contribution in [0.3, 0.4) is 0 Å². The van der Waals surface area contributed by atoms with Crippen LogP contribution in [0.25, 0.3) is 11.6 Å². The Morgan fingerprint density at radius 1 is 1.21 bits per heavy atom. The fourth-order valence-corrected chi connectivity index (χ4v) is 3.99. The molecule has 1 heterocycles. The average Bonchev–Trinajstić information content (AvgIpc) is 2.67. The highest BCUT2D eigenvalue weighted by Gasteiger charge is 2.30. The second-order valence-corrected chi connectivity index (χ2v) is 7.94. The Morgan fingerprint density at radius 2 is 1.93 bits per heavy atom. The van der Waals surface area contributed by atoms with Crippen molar-refractivity contribution >= 4 is 28.9 Å². The van der Waals surface area contributed by atoms with Crippen LogP contribution in [0.2, 0.25) is 0 Å². The highest BCUT2D eigenvalue weighted by atomic mass is 16.1. The van der Waals surface area contributed by atoms with Crippen molar-refractivity contribution in [1.82, 2.24) is 0 Å². The molecule has 0 atom stereocenters. The van der Waals surface area contributed by atoms with Gasteiger partial charge in [-0.25, -0.2) is 0 Å². The zero-order valence-electron chi connectivity index (χ0n) is 17.7. The van der Waals surface area contributed by atoms with E-state index in [1.54, 1.807) is 6.08 Å². The van der Waals surface area contributed by atoms with Gasteiger partial charge in [-0.2, -0.15) is 5.26 Å². The zero-order chi connectivity index (χ0) is 21.2. The van der Waals surface area contributed by atoms with Gasteiger partial charge in [0.05, 0.1) is 5.54 Å². The van der Waals surface area contributed by atoms with Gasteiger partial charge in [0.25, 0.3) is 5.91 Å². The van der Waals surface area contributed by atoms with E-state index < -0.39 is 5.91 Å². The number of fused-ring (bicyclic) bond motifs is 1. The van der Waals surface area contributed by atoms with Gasteiger partial charge in [-0.05, 0) is 75.6 Å². The number of aryl methyl sites for hydroxylation is 1. The molecular weight excluding hydrogens is 358 g/mol. The summed E-state index contributed by atoms with van der Waals surface area (Å²) in [4.78, 5) is 15.0. The number of amides is 1. The molecule has 0 spiro atoms. The lowest BCUT2D eigenvalue weighted by Gasteiger charge is -2.42. The lowest BCUT2D eigenvalue weighted by atomic mass is 9.88. The van der Waals surface area contributed by atoms with Gasteiger partial charge >= 0.3 is 0 Å². The van der Waals surface area contributed by atoms with E-state index in [-0.39, 0.29) is 11.1 Å². The minimum atomic E-state index is -0.400. The van der Waals surface area contributed by atoms with E-state index in [2.05, 4.69) is 56.1 Å². The van der Waals surface area contributed by atoms with E-state index in [0.29, 0.717) is 5.69 Å². The van der Waals surface area contributed by atoms with Crippen molar-refractivity contribution in [3.63, 3.8) is 0 Å². The molecule has 1 aliphatic rings. The topological polar surface area (TPSA) is 56.1 Å². The molecule has 0 radical (unpaired) electrons. The molecule has 3 rings (SSSR count). The van der Waals surface area contributed by atoms with Crippen LogP contribution in [-0.2, 0) is 4.79 Å². The quantitative estimate of drug-likeness (QED) is 0.553. The third-order valence-corrected chi connectivity index (χ3v) is 5.39. The van der Waals surface area contributed by atoms with Gasteiger partial charge in [0.15, 0.2) is 0 Å². The van der Waals surface area contributed by atoms with Gasteiger partial charge in [-0.3, -0.25) is 4.79 Å². The minimum absolute atomic E-state index is 0.0472. The number of likely N-dealkylation sites (N-methyl/N-ethyl adjacent to an activating group) is 1. The second kappa shape index (κ2) is 7.97. The molecular formula is C25H27N3O. The molecule has 1 N–H and O–H groups in total. The number of carbonyl (C=O) groups excluding carboxylic acids is 1. The lowest BCUT2D eigenvalue weighted by Crippen LogP contribution is -2.44. The molecule has 4 heteroatoms. The molecule has 0 unspecified atom stereocenters. The van der Waals surface area contributed by atoms with Gasteiger partial charge in [0, 0.05) is 23.5 Å². The number of anilines is 2. The van der Waals surface area contributed by atoms with Crippen molar-refractivity contribution < 1.29 is 4.79 Å². The van der Waals surface area contributed by atoms with E-state index >= 15 is 0 Å². The van der Waals surface area contributed by atoms with Crippen LogP contribution in [0.1, 0.15) is 44.4 Å². The molecule has 29 heavy (non-hydrogen) atoms. The Kier molecular flexibility index (Phi) is 5.61. The van der Waals surface area contributed by atoms with Crippen LogP contribution in [0, 0.1) is 18.3 Å². The van der Waals surface area contributed by atoms with E-state index in [0.717, 1.165) is 23.2 Å². The van der Waals surface area contributed by atoms with Crippen molar-refractivity contribution in [3.8, 4) is 6.07 Å². The van der Waals surface area contributed by atoms with Gasteiger partial charge in [-0.15, -0.1) is 0 Å². The second-order valence-electron chi connectivity index (χ2n) is 7.94. The fourth-order valence-electron chi connectivity index (χ4n) is 3.99. The van der Waals surface area contributed by atoms with E-state index in [9.17, 15) is 10.1 Å². The van der Waals surface area contributed by atoms with Crippen LogP contribution in [-0.4, -0.2) is 18.0 Å². The molecule has 4 nitrogen and oxygen atoms in total. The maximum atomic E-state index is 12.6. The van der Waals surface area contributed by atoms with Gasteiger partial charge in [0.2, 0.25) is 0 Å². The summed E-state index contributed by atoms with van der Waals surface area (Å²) in [5.74, 6) is -0.400. The Morgan fingerprint density at radius 3 is 2.59 bits per heavy atom. The molecule has 2 aromatic carbocycles. The number of para-hydroxylation sites is 1. The van der Waals surface area contributed by atoms with Crippen LogP contribution in [0.5, 0.6) is 0 Å². The highest BCUT2D eigenvalue weighted by Crippen LogP contribution is 2.39. The molecule has 0 bridgehead atoms. The first-order valence-electron chi connectivity index (χ1n) is 9.87. The minimum Gasteiger partial charge on any atom is -0.363 e. The van der Waals surface area contributed by atoms with Gasteiger partial charge < -0.3 is 10.2 Å². The van der Waals surface area contributed by atoms with E-state index in [1.165, 1.54) is 11.3 Å². The molecule has 2 aromatic rings. The molecule has 1 aliphatic heterocycles. The Labute approximate surface area is 173 Å². The molecule has 148 valence electrons. The standard InChI is InChI=1S/C25H27N3O/c1-6-28-23-12-11-19(14-21(23)18(3)15-25(28,4)5)13-20(16-26)24(29)27-22-10-8-7-9-17(22)2/h7-15H,6H2,1-5H3,(H,27,29)/b20-13+. The highest BCUT2D eigenvalue weighted by molar-refractivity contribution is 6.10. The van der Waals surface area contributed by atoms with Gasteiger partial charge in [-0.1, -0.05) is 30.3 Å². The van der Waals surface area contributed by atoms with Crippen molar-refractivity contribution in [2.45, 2.75) is 40.2 Å². The normalized spacial score (nSPS) is 15.2. The first kappa shape index (κ1) is 20.4. The van der Waals surface area contributed by atoms with Crippen LogP contribution >= 0.6 is 0 Å². The number of carbonyl (C=O) groups is 1. The number of nitrogens with one attached hydrogen (secondary N) is 1. The molecule has 0 aliphatic carbocycles. The van der Waals surface area contributed by atoms with Gasteiger partial charge in [0.1, 0.15) is 11.6 Å². The number of hydrogen-bond donors (Lipinski definition) is 1. The average molecular weight is 386 g/mol. The van der Waals surface area contributed by atoms with E-state index in [4.69, 9.17) is 0 Å². The summed E-state index contributed by atoms with van der Waals surface area (Å²) in [6.07, 6.45) is 3.92. The monoisotopic (exact) mass is 385 g/mol. The Balaban J connectivity index is 1.94. The molecule has 1 amide bonds. The smallest absolute Gasteiger partial charge is 0.266 e. The van der Waals surface area contributed by atoms with Crippen molar-refractivity contribution in [3.05, 3.63) is 70.8 Å². The predicted octanol–water partition coefficient (Wildman–Crippen LogP) is 5.56. The summed E-state index contributed by atoms with van der Waals surface area (Å²) >= 11 is 0. The van der Waals surface area contributed by atoms with Crippen molar-refractivity contribution in [2.24, 2.45) is 0 Å². The first-order chi connectivity index (χ1) is 13.8. The van der Waals surface area contributed by atoms with Crippen LogP contribution < -0.4 is 10.2 Å². The third-order valence-electron chi connectivity index (χ3n) is 5.39. The predicted molar refractivity (Wildman–Crippen MR) is 121 cm³/mol. The molecule has 0 saturated carbocycles. The summed E-state index contributed by atoms with van der Waals surface area (Å²) in [6.45, 7) is 11.5. The van der Waals surface area contributed by atoms with Crippen molar-refractivity contribution in [1.29, 1.82) is 5.26 Å². The number of benzene rings is 2. The fraction of sp³-hybridized carbons (Fsp3) is 0.280. The number of nitriles is 1. The number of hydrogen-bond acceptors (Lipinski definition) is 3. The van der Waals surface area contributed by atoms with E-state index in [1.807, 2.05) is 43.3 Å². The summed E-state index contributed by atoms with van der Waals surface area (Å²) in [7, 11) is 0. The summed E-state index contributed by atoms with van der Waals surface area (Å²) in [5, 5.41) is 12.4. The first-order valence-corrected chi connectivity index (χ1v) is 9.87. The largest absolute Gasteiger partial charge is 0.363 e. The van der Waals surface area contributed by atoms with Crippen molar-refractivity contribution in [2.75, 3.05) is 16.8 Å². The number of rotatable bonds is 4.